The first-order valence-corrected chi connectivity index (χ1v) is 6.00. The second-order valence-corrected chi connectivity index (χ2v) is 4.21. The predicted octanol–water partition coefficient (Wildman–Crippen LogP) is 2.34. The highest BCUT2D eigenvalue weighted by atomic mass is 16.3. The lowest BCUT2D eigenvalue weighted by Gasteiger charge is -2.02. The summed E-state index contributed by atoms with van der Waals surface area (Å²) in [6.07, 6.45) is 2.96. The largest absolute Gasteiger partial charge is 0.462 e. The zero-order chi connectivity index (χ0) is 14.5. The molecule has 0 saturated heterocycles. The van der Waals surface area contributed by atoms with Crippen molar-refractivity contribution in [3.8, 4) is 0 Å². The summed E-state index contributed by atoms with van der Waals surface area (Å²) < 4.78 is 5.31. The molecule has 2 aromatic rings. The first kappa shape index (κ1) is 13.6. The van der Waals surface area contributed by atoms with E-state index in [-0.39, 0.29) is 5.91 Å². The Morgan fingerprint density at radius 2 is 1.85 bits per heavy atom. The fourth-order valence-electron chi connectivity index (χ4n) is 1.60. The molecule has 0 aliphatic heterocycles. The maximum absolute atomic E-state index is 11.7. The Kier molecular flexibility index (Phi) is 4.00. The van der Waals surface area contributed by atoms with Crippen molar-refractivity contribution < 1.29 is 14.0 Å². The molecule has 0 atom stereocenters. The van der Waals surface area contributed by atoms with Gasteiger partial charge in [0.05, 0.1) is 0 Å². The van der Waals surface area contributed by atoms with Crippen LogP contribution in [0.1, 0.15) is 21.9 Å². The lowest BCUT2D eigenvalue weighted by Crippen LogP contribution is -2.11. The van der Waals surface area contributed by atoms with E-state index in [1.165, 1.54) is 6.08 Å². The van der Waals surface area contributed by atoms with Gasteiger partial charge in [-0.05, 0) is 49.4 Å². The molecular weight excluding hydrogens is 256 g/mol. The third kappa shape index (κ3) is 3.58. The molecule has 0 aliphatic carbocycles. The van der Waals surface area contributed by atoms with E-state index in [9.17, 15) is 9.59 Å². The van der Waals surface area contributed by atoms with Crippen molar-refractivity contribution in [3.05, 3.63) is 59.6 Å². The minimum absolute atomic E-state index is 0.286. The molecule has 5 heteroatoms. The van der Waals surface area contributed by atoms with E-state index in [4.69, 9.17) is 10.2 Å². The third-order valence-corrected chi connectivity index (χ3v) is 2.60. The number of rotatable bonds is 4. The zero-order valence-electron chi connectivity index (χ0n) is 10.9. The van der Waals surface area contributed by atoms with Crippen LogP contribution >= 0.6 is 0 Å². The molecular formula is C15H14N2O3. The highest BCUT2D eigenvalue weighted by molar-refractivity contribution is 6.02. The lowest BCUT2D eigenvalue weighted by atomic mass is 10.2. The minimum atomic E-state index is -0.504. The number of anilines is 1. The second-order valence-electron chi connectivity index (χ2n) is 4.21. The van der Waals surface area contributed by atoms with Crippen LogP contribution in [0.15, 0.2) is 46.9 Å². The van der Waals surface area contributed by atoms with Gasteiger partial charge < -0.3 is 15.5 Å². The van der Waals surface area contributed by atoms with Crippen LogP contribution in [0.2, 0.25) is 0 Å². The number of amides is 2. The molecule has 1 aromatic carbocycles. The van der Waals surface area contributed by atoms with E-state index in [0.29, 0.717) is 17.0 Å². The number of furan rings is 1. The maximum Gasteiger partial charge on any atom is 0.248 e. The first-order valence-electron chi connectivity index (χ1n) is 6.00. The van der Waals surface area contributed by atoms with E-state index in [0.717, 1.165) is 5.76 Å². The Hall–Kier alpha value is -2.82. The van der Waals surface area contributed by atoms with Gasteiger partial charge in [-0.15, -0.1) is 0 Å². The molecule has 1 aromatic heterocycles. The number of aryl methyl sites for hydroxylation is 1. The maximum atomic E-state index is 11.7. The van der Waals surface area contributed by atoms with Crippen molar-refractivity contribution in [2.45, 2.75) is 6.92 Å². The molecule has 2 rings (SSSR count). The molecule has 3 N–H and O–H groups in total. The number of carbonyl (C=O) groups is 2. The monoisotopic (exact) mass is 270 g/mol. The number of hydrogen-bond donors (Lipinski definition) is 2. The average Bonchev–Trinajstić information content (AvgIpc) is 2.83. The summed E-state index contributed by atoms with van der Waals surface area (Å²) in [5, 5.41) is 2.67. The Balaban J connectivity index is 1.97. The van der Waals surface area contributed by atoms with Gasteiger partial charge in [0, 0.05) is 17.3 Å². The average molecular weight is 270 g/mol. The topological polar surface area (TPSA) is 85.3 Å². The van der Waals surface area contributed by atoms with E-state index in [1.54, 1.807) is 36.4 Å². The summed E-state index contributed by atoms with van der Waals surface area (Å²) >= 11 is 0. The van der Waals surface area contributed by atoms with Crippen molar-refractivity contribution in [3.63, 3.8) is 0 Å². The molecule has 0 fully saturated rings. The fourth-order valence-corrected chi connectivity index (χ4v) is 1.60. The van der Waals surface area contributed by atoms with Crippen LogP contribution in [0, 0.1) is 6.92 Å². The Morgan fingerprint density at radius 1 is 1.15 bits per heavy atom. The number of carbonyl (C=O) groups excluding carboxylic acids is 2. The van der Waals surface area contributed by atoms with Gasteiger partial charge in [-0.2, -0.15) is 0 Å². The summed E-state index contributed by atoms with van der Waals surface area (Å²) in [6, 6.07) is 9.93. The van der Waals surface area contributed by atoms with Gasteiger partial charge in [0.15, 0.2) is 0 Å². The Morgan fingerprint density at radius 3 is 2.40 bits per heavy atom. The second kappa shape index (κ2) is 5.88. The molecule has 0 radical (unpaired) electrons. The molecule has 0 spiro atoms. The molecule has 0 aliphatic rings. The molecule has 0 bridgehead atoms. The van der Waals surface area contributed by atoms with Gasteiger partial charge in [-0.3, -0.25) is 9.59 Å². The molecule has 20 heavy (non-hydrogen) atoms. The molecule has 1 heterocycles. The van der Waals surface area contributed by atoms with Gasteiger partial charge in [-0.1, -0.05) is 0 Å². The van der Waals surface area contributed by atoms with Crippen molar-refractivity contribution in [1.29, 1.82) is 0 Å². The van der Waals surface area contributed by atoms with Gasteiger partial charge in [0.2, 0.25) is 11.8 Å². The van der Waals surface area contributed by atoms with Crippen molar-refractivity contribution >= 4 is 23.6 Å². The summed E-state index contributed by atoms with van der Waals surface area (Å²) in [7, 11) is 0. The van der Waals surface area contributed by atoms with Crippen molar-refractivity contribution in [1.82, 2.24) is 0 Å². The summed E-state index contributed by atoms with van der Waals surface area (Å²) in [6.45, 7) is 1.83. The summed E-state index contributed by atoms with van der Waals surface area (Å²) in [4.78, 5) is 22.6. The zero-order valence-corrected chi connectivity index (χ0v) is 10.9. The van der Waals surface area contributed by atoms with Gasteiger partial charge in [0.1, 0.15) is 11.5 Å². The smallest absolute Gasteiger partial charge is 0.248 e. The Labute approximate surface area is 116 Å². The molecule has 0 saturated carbocycles. The van der Waals surface area contributed by atoms with Crippen LogP contribution in [0.5, 0.6) is 0 Å². The minimum Gasteiger partial charge on any atom is -0.462 e. The van der Waals surface area contributed by atoms with Crippen molar-refractivity contribution in [2.75, 3.05) is 5.32 Å². The van der Waals surface area contributed by atoms with Crippen LogP contribution in [0.25, 0.3) is 6.08 Å². The number of nitrogens with one attached hydrogen (secondary N) is 1. The standard InChI is InChI=1S/C15H14N2O3/c1-10-2-7-13(20-10)8-9-14(18)17-12-5-3-11(4-6-12)15(16)19/h2-9H,1H3,(H2,16,19)(H,17,18)/b9-8-. The van der Waals surface area contributed by atoms with Gasteiger partial charge >= 0.3 is 0 Å². The Bertz CT molecular complexity index is 654. The molecule has 102 valence electrons. The third-order valence-electron chi connectivity index (χ3n) is 2.60. The highest BCUT2D eigenvalue weighted by Gasteiger charge is 2.02. The van der Waals surface area contributed by atoms with E-state index < -0.39 is 5.91 Å². The molecule has 0 unspecified atom stereocenters. The number of hydrogen-bond acceptors (Lipinski definition) is 3. The summed E-state index contributed by atoms with van der Waals surface area (Å²) in [5.74, 6) is 0.607. The van der Waals surface area contributed by atoms with Crippen LogP contribution < -0.4 is 11.1 Å². The van der Waals surface area contributed by atoms with Gasteiger partial charge in [0.25, 0.3) is 0 Å². The molecule has 5 nitrogen and oxygen atoms in total. The quantitative estimate of drug-likeness (QED) is 0.836. The van der Waals surface area contributed by atoms with Crippen molar-refractivity contribution in [2.24, 2.45) is 5.73 Å². The lowest BCUT2D eigenvalue weighted by molar-refractivity contribution is -0.111. The van der Waals surface area contributed by atoms with E-state index in [2.05, 4.69) is 5.32 Å². The van der Waals surface area contributed by atoms with Crippen LogP contribution in [-0.2, 0) is 4.79 Å². The van der Waals surface area contributed by atoms with Crippen LogP contribution in [-0.4, -0.2) is 11.8 Å². The molecule has 2 amide bonds. The predicted molar refractivity (Wildman–Crippen MR) is 76.1 cm³/mol. The number of primary amides is 1. The number of benzene rings is 1. The van der Waals surface area contributed by atoms with Crippen LogP contribution in [0.3, 0.4) is 0 Å². The van der Waals surface area contributed by atoms with Crippen LogP contribution in [0.4, 0.5) is 5.69 Å². The SMILES string of the molecule is Cc1ccc(/C=C\C(=O)Nc2ccc(C(N)=O)cc2)o1. The van der Waals surface area contributed by atoms with E-state index >= 15 is 0 Å². The van der Waals surface area contributed by atoms with E-state index in [1.807, 2.05) is 13.0 Å². The first-order chi connectivity index (χ1) is 9.54. The fraction of sp³-hybridized carbons (Fsp3) is 0.0667. The highest BCUT2D eigenvalue weighted by Crippen LogP contribution is 2.10. The van der Waals surface area contributed by atoms with Gasteiger partial charge in [-0.25, -0.2) is 0 Å². The number of nitrogens with two attached hydrogens (primary N) is 1. The normalized spacial score (nSPS) is 10.7. The summed E-state index contributed by atoms with van der Waals surface area (Å²) in [5.41, 5.74) is 6.11.